The summed E-state index contributed by atoms with van der Waals surface area (Å²) in [6, 6.07) is 0.473. The van der Waals surface area contributed by atoms with Crippen molar-refractivity contribution in [2.45, 2.75) is 18.9 Å². The van der Waals surface area contributed by atoms with Gasteiger partial charge in [0.15, 0.2) is 0 Å². The molecule has 8 heteroatoms. The van der Waals surface area contributed by atoms with E-state index in [0.29, 0.717) is 12.5 Å². The first kappa shape index (κ1) is 16.8. The number of carbonyl (C=O) groups excluding carboxylic acids is 1. The van der Waals surface area contributed by atoms with Gasteiger partial charge in [-0.15, -0.1) is 0 Å². The maximum absolute atomic E-state index is 11.0. The summed E-state index contributed by atoms with van der Waals surface area (Å²) in [5.74, 6) is -1.94. The van der Waals surface area contributed by atoms with Gasteiger partial charge in [0.1, 0.15) is 0 Å². The molecule has 0 atom stereocenters. The van der Waals surface area contributed by atoms with Gasteiger partial charge in [-0.25, -0.2) is 4.79 Å². The molecule has 7 nitrogen and oxygen atoms in total. The molecule has 0 aromatic heterocycles. The van der Waals surface area contributed by atoms with E-state index in [-0.39, 0.29) is 12.0 Å². The van der Waals surface area contributed by atoms with E-state index in [0.717, 1.165) is 6.08 Å². The molecule has 0 heterocycles. The Balaban J connectivity index is 4.47. The molecule has 0 bridgehead atoms. The second kappa shape index (κ2) is 7.98. The molecule has 0 unspecified atom stereocenters. The molecule has 0 saturated carbocycles. The van der Waals surface area contributed by atoms with Crippen molar-refractivity contribution in [3.63, 3.8) is 0 Å². The minimum absolute atomic E-state index is 0.0636. The molecule has 3 N–H and O–H groups in total. The molecule has 0 rings (SSSR count). The van der Waals surface area contributed by atoms with Crippen molar-refractivity contribution in [3.8, 4) is 0 Å². The predicted molar refractivity (Wildman–Crippen MR) is 65.7 cm³/mol. The monoisotopic (exact) mass is 277 g/mol. The summed E-state index contributed by atoms with van der Waals surface area (Å²) in [6.45, 7) is 0. The molecule has 104 valence electrons. The number of hydrogen-bond acceptors (Lipinski definition) is 5. The highest BCUT2D eigenvalue weighted by Gasteiger charge is 2.37. The maximum atomic E-state index is 11.0. The Morgan fingerprint density at radius 3 is 2.06 bits per heavy atom. The quantitative estimate of drug-likeness (QED) is 0.458. The van der Waals surface area contributed by atoms with Crippen molar-refractivity contribution in [2.75, 3.05) is 21.3 Å². The van der Waals surface area contributed by atoms with E-state index in [1.807, 2.05) is 0 Å². The van der Waals surface area contributed by atoms with Gasteiger partial charge in [0.05, 0.1) is 0 Å². The highest BCUT2D eigenvalue weighted by Crippen LogP contribution is 2.18. The van der Waals surface area contributed by atoms with Crippen LogP contribution in [-0.2, 0) is 22.9 Å². The lowest BCUT2D eigenvalue weighted by atomic mass is 10.1. The highest BCUT2D eigenvalue weighted by molar-refractivity contribution is 6.60. The Morgan fingerprint density at radius 1 is 1.22 bits per heavy atom. The summed E-state index contributed by atoms with van der Waals surface area (Å²) < 4.78 is 15.6. The van der Waals surface area contributed by atoms with E-state index in [9.17, 15) is 9.59 Å². The Kier molecular flexibility index (Phi) is 7.44. The standard InChI is InChI=1S/C10H19NO6Si/c1-15-18(16-2,17-3)6-4-5-8(10(11)14)7-9(12)13/h7H,4-6H2,1-3H3,(H2,11,14)(H,12,13)/b8-7-. The van der Waals surface area contributed by atoms with Crippen LogP contribution >= 0.6 is 0 Å². The number of nitrogens with two attached hydrogens (primary N) is 1. The molecule has 0 aromatic carbocycles. The van der Waals surface area contributed by atoms with Crippen molar-refractivity contribution in [3.05, 3.63) is 11.6 Å². The Bertz CT molecular complexity index is 318. The average Bonchev–Trinajstić information content (AvgIpc) is 2.33. The van der Waals surface area contributed by atoms with Crippen LogP contribution in [-0.4, -0.2) is 47.1 Å². The molecule has 0 radical (unpaired) electrons. The zero-order valence-electron chi connectivity index (χ0n) is 10.8. The number of primary amides is 1. The largest absolute Gasteiger partial charge is 0.500 e. The lowest BCUT2D eigenvalue weighted by Gasteiger charge is -2.24. The molecular weight excluding hydrogens is 258 g/mol. The zero-order chi connectivity index (χ0) is 14.2. The Hall–Kier alpha value is -1.22. The van der Waals surface area contributed by atoms with E-state index in [2.05, 4.69) is 0 Å². The third kappa shape index (κ3) is 5.41. The molecule has 0 fully saturated rings. The summed E-state index contributed by atoms with van der Waals surface area (Å²) in [4.78, 5) is 21.5. The number of hydrogen-bond donors (Lipinski definition) is 2. The van der Waals surface area contributed by atoms with Crippen molar-refractivity contribution in [1.82, 2.24) is 0 Å². The third-order valence-corrected chi connectivity index (χ3v) is 5.31. The topological polar surface area (TPSA) is 108 Å². The number of carbonyl (C=O) groups is 2. The molecule has 0 spiro atoms. The number of carboxylic acids is 1. The van der Waals surface area contributed by atoms with Crippen LogP contribution in [0.5, 0.6) is 0 Å². The Morgan fingerprint density at radius 2 is 1.72 bits per heavy atom. The SMILES string of the molecule is CO[Si](CCC/C(=C/C(=O)O)C(N)=O)(OC)OC. The van der Waals surface area contributed by atoms with Crippen molar-refractivity contribution < 1.29 is 28.0 Å². The molecule has 0 aliphatic heterocycles. The van der Waals surface area contributed by atoms with Crippen LogP contribution in [0.15, 0.2) is 11.6 Å². The molecule has 18 heavy (non-hydrogen) atoms. The minimum atomic E-state index is -2.69. The van der Waals surface area contributed by atoms with Gasteiger partial charge in [0.2, 0.25) is 5.91 Å². The number of carboxylic acid groups (broad SMARTS) is 1. The summed E-state index contributed by atoms with van der Waals surface area (Å²) in [6.07, 6.45) is 1.55. The second-order valence-electron chi connectivity index (χ2n) is 3.52. The van der Waals surface area contributed by atoms with Gasteiger partial charge in [-0.2, -0.15) is 0 Å². The fourth-order valence-corrected chi connectivity index (χ4v) is 3.19. The van der Waals surface area contributed by atoms with Crippen molar-refractivity contribution in [2.24, 2.45) is 5.73 Å². The molecule has 0 aliphatic rings. The van der Waals surface area contributed by atoms with Crippen LogP contribution in [0, 0.1) is 0 Å². The molecule has 0 saturated heterocycles. The van der Waals surface area contributed by atoms with E-state index >= 15 is 0 Å². The van der Waals surface area contributed by atoms with Crippen LogP contribution in [0.4, 0.5) is 0 Å². The first-order chi connectivity index (χ1) is 8.40. The van der Waals surface area contributed by atoms with Gasteiger partial charge >= 0.3 is 14.8 Å². The fourth-order valence-electron chi connectivity index (χ4n) is 1.47. The predicted octanol–water partition coefficient (Wildman–Crippen LogP) is 0.141. The Labute approximate surface area is 107 Å². The summed E-state index contributed by atoms with van der Waals surface area (Å²) >= 11 is 0. The lowest BCUT2D eigenvalue weighted by Crippen LogP contribution is -2.42. The molecule has 1 amide bonds. The van der Waals surface area contributed by atoms with Gasteiger partial charge in [-0.3, -0.25) is 4.79 Å². The zero-order valence-corrected chi connectivity index (χ0v) is 11.8. The van der Waals surface area contributed by atoms with Gasteiger partial charge in [-0.05, 0) is 12.8 Å². The van der Waals surface area contributed by atoms with E-state index in [1.165, 1.54) is 21.3 Å². The fraction of sp³-hybridized carbons (Fsp3) is 0.600. The first-order valence-corrected chi connectivity index (χ1v) is 7.22. The minimum Gasteiger partial charge on any atom is -0.478 e. The molecule has 0 aliphatic carbocycles. The van der Waals surface area contributed by atoms with Gasteiger partial charge in [0.25, 0.3) is 0 Å². The van der Waals surface area contributed by atoms with Crippen LogP contribution < -0.4 is 5.73 Å². The highest BCUT2D eigenvalue weighted by atomic mass is 28.4. The summed E-state index contributed by atoms with van der Waals surface area (Å²) in [5, 5.41) is 8.58. The van der Waals surface area contributed by atoms with Crippen LogP contribution in [0.3, 0.4) is 0 Å². The second-order valence-corrected chi connectivity index (χ2v) is 6.61. The summed E-state index contributed by atoms with van der Waals surface area (Å²) in [5.41, 5.74) is 5.14. The lowest BCUT2D eigenvalue weighted by molar-refractivity contribution is -0.131. The molecular formula is C10H19NO6Si. The maximum Gasteiger partial charge on any atom is 0.500 e. The smallest absolute Gasteiger partial charge is 0.478 e. The number of rotatable bonds is 9. The van der Waals surface area contributed by atoms with Crippen LogP contribution in [0.2, 0.25) is 6.04 Å². The van der Waals surface area contributed by atoms with E-state index < -0.39 is 20.7 Å². The summed E-state index contributed by atoms with van der Waals surface area (Å²) in [7, 11) is 1.78. The average molecular weight is 277 g/mol. The van der Waals surface area contributed by atoms with E-state index in [4.69, 9.17) is 24.1 Å². The van der Waals surface area contributed by atoms with Crippen molar-refractivity contribution >= 4 is 20.7 Å². The van der Waals surface area contributed by atoms with Gasteiger partial charge in [0, 0.05) is 39.0 Å². The van der Waals surface area contributed by atoms with Gasteiger partial charge < -0.3 is 24.1 Å². The normalized spacial score (nSPS) is 12.5. The first-order valence-electron chi connectivity index (χ1n) is 5.29. The number of aliphatic carboxylic acids is 1. The van der Waals surface area contributed by atoms with Crippen LogP contribution in [0.25, 0.3) is 0 Å². The third-order valence-electron chi connectivity index (χ3n) is 2.48. The molecule has 0 aromatic rings. The van der Waals surface area contributed by atoms with Gasteiger partial charge in [-0.1, -0.05) is 0 Å². The van der Waals surface area contributed by atoms with E-state index in [1.54, 1.807) is 0 Å². The number of amides is 1. The van der Waals surface area contributed by atoms with Crippen molar-refractivity contribution in [1.29, 1.82) is 0 Å². The van der Waals surface area contributed by atoms with Crippen LogP contribution in [0.1, 0.15) is 12.8 Å².